The van der Waals surface area contributed by atoms with Gasteiger partial charge in [0.25, 0.3) is 0 Å². The Labute approximate surface area is 109 Å². The van der Waals surface area contributed by atoms with Crippen molar-refractivity contribution in [1.29, 1.82) is 0 Å². The summed E-state index contributed by atoms with van der Waals surface area (Å²) in [5, 5.41) is 14.8. The van der Waals surface area contributed by atoms with Gasteiger partial charge >= 0.3 is 5.97 Å². The zero-order valence-electron chi connectivity index (χ0n) is 11.7. The van der Waals surface area contributed by atoms with Crippen LogP contribution in [0.25, 0.3) is 0 Å². The van der Waals surface area contributed by atoms with Crippen LogP contribution >= 0.6 is 0 Å². The number of hydrogen-bond acceptors (Lipinski definition) is 3. The molecule has 1 atom stereocenters. The van der Waals surface area contributed by atoms with Crippen molar-refractivity contribution in [2.45, 2.75) is 65.0 Å². The van der Waals surface area contributed by atoms with Gasteiger partial charge in [0.15, 0.2) is 0 Å². The van der Waals surface area contributed by atoms with E-state index in [4.69, 9.17) is 5.11 Å². The average Bonchev–Trinajstić information content (AvgIpc) is 2.29. The van der Waals surface area contributed by atoms with Crippen LogP contribution in [0.3, 0.4) is 0 Å². The van der Waals surface area contributed by atoms with Crippen LogP contribution < -0.4 is 10.6 Å². The maximum atomic E-state index is 11.6. The molecule has 0 radical (unpaired) electrons. The lowest BCUT2D eigenvalue weighted by molar-refractivity contribution is -0.142. The van der Waals surface area contributed by atoms with Crippen molar-refractivity contribution in [2.75, 3.05) is 6.54 Å². The van der Waals surface area contributed by atoms with E-state index in [0.29, 0.717) is 18.9 Å². The first-order valence-electron chi connectivity index (χ1n) is 6.73. The zero-order chi connectivity index (χ0) is 14.0. The number of unbranched alkanes of at least 4 members (excludes halogenated alkanes) is 1. The van der Waals surface area contributed by atoms with Gasteiger partial charge < -0.3 is 15.7 Å². The Bertz CT molecular complexity index is 255. The highest BCUT2D eigenvalue weighted by Crippen LogP contribution is 2.01. The molecule has 0 saturated carbocycles. The Morgan fingerprint density at radius 3 is 2.39 bits per heavy atom. The summed E-state index contributed by atoms with van der Waals surface area (Å²) in [5.41, 5.74) is 0. The fourth-order valence-corrected chi connectivity index (χ4v) is 1.57. The van der Waals surface area contributed by atoms with Gasteiger partial charge in [-0.1, -0.05) is 33.6 Å². The van der Waals surface area contributed by atoms with Crippen molar-refractivity contribution >= 4 is 11.9 Å². The Balaban J connectivity index is 3.84. The van der Waals surface area contributed by atoms with E-state index in [1.807, 2.05) is 20.8 Å². The van der Waals surface area contributed by atoms with E-state index in [1.165, 1.54) is 0 Å². The molecule has 106 valence electrons. The minimum atomic E-state index is -0.947. The van der Waals surface area contributed by atoms with Gasteiger partial charge in [-0.3, -0.25) is 4.79 Å². The molecular formula is C13H26N2O3. The van der Waals surface area contributed by atoms with Gasteiger partial charge in [-0.25, -0.2) is 4.79 Å². The zero-order valence-corrected chi connectivity index (χ0v) is 11.7. The molecule has 0 aliphatic carbocycles. The minimum Gasteiger partial charge on any atom is -0.480 e. The number of carbonyl (C=O) groups is 2. The highest BCUT2D eigenvalue weighted by molar-refractivity contribution is 5.83. The molecule has 0 spiro atoms. The monoisotopic (exact) mass is 258 g/mol. The molecule has 0 aliphatic heterocycles. The first kappa shape index (κ1) is 16.9. The fraction of sp³-hybridized carbons (Fsp3) is 0.846. The van der Waals surface area contributed by atoms with Crippen LogP contribution in [0, 0.1) is 0 Å². The molecule has 0 aromatic rings. The summed E-state index contributed by atoms with van der Waals surface area (Å²) in [7, 11) is 0. The molecule has 0 aromatic heterocycles. The van der Waals surface area contributed by atoms with E-state index in [2.05, 4.69) is 10.6 Å². The lowest BCUT2D eigenvalue weighted by Gasteiger charge is -2.14. The lowest BCUT2D eigenvalue weighted by atomic mass is 10.1. The van der Waals surface area contributed by atoms with Crippen LogP contribution in [0.1, 0.15) is 52.9 Å². The summed E-state index contributed by atoms with van der Waals surface area (Å²) in [6.45, 7) is 6.87. The first-order chi connectivity index (χ1) is 8.47. The van der Waals surface area contributed by atoms with Gasteiger partial charge in [0, 0.05) is 12.5 Å². The smallest absolute Gasteiger partial charge is 0.326 e. The van der Waals surface area contributed by atoms with E-state index in [-0.39, 0.29) is 5.91 Å². The standard InChI is InChI=1S/C13H26N2O3/c1-4-5-7-11(13(17)18)15-12(16)8-6-9-14-10(2)3/h10-11,14H,4-9H2,1-3H3,(H,15,16)(H,17,18)/t11-/m0/s1. The third-order valence-electron chi connectivity index (χ3n) is 2.61. The number of rotatable bonds is 10. The summed E-state index contributed by atoms with van der Waals surface area (Å²) in [4.78, 5) is 22.5. The van der Waals surface area contributed by atoms with Gasteiger partial charge in [0.1, 0.15) is 6.04 Å². The highest BCUT2D eigenvalue weighted by atomic mass is 16.4. The first-order valence-corrected chi connectivity index (χ1v) is 6.73. The van der Waals surface area contributed by atoms with Gasteiger partial charge in [-0.2, -0.15) is 0 Å². The van der Waals surface area contributed by atoms with Crippen LogP contribution in [-0.4, -0.2) is 35.6 Å². The third kappa shape index (κ3) is 8.98. The van der Waals surface area contributed by atoms with E-state index >= 15 is 0 Å². The van der Waals surface area contributed by atoms with Crippen molar-refractivity contribution in [1.82, 2.24) is 10.6 Å². The topological polar surface area (TPSA) is 78.4 Å². The van der Waals surface area contributed by atoms with Crippen LogP contribution in [0.2, 0.25) is 0 Å². The second-order valence-electron chi connectivity index (χ2n) is 4.81. The van der Waals surface area contributed by atoms with Crippen LogP contribution in [0.4, 0.5) is 0 Å². The highest BCUT2D eigenvalue weighted by Gasteiger charge is 2.18. The molecule has 0 heterocycles. The summed E-state index contributed by atoms with van der Waals surface area (Å²) in [6.07, 6.45) is 3.34. The molecule has 5 heteroatoms. The fourth-order valence-electron chi connectivity index (χ4n) is 1.57. The summed E-state index contributed by atoms with van der Waals surface area (Å²) >= 11 is 0. The second kappa shape index (κ2) is 9.88. The summed E-state index contributed by atoms with van der Waals surface area (Å²) in [6, 6.07) is -0.333. The summed E-state index contributed by atoms with van der Waals surface area (Å²) < 4.78 is 0. The number of carboxylic acid groups (broad SMARTS) is 1. The van der Waals surface area contributed by atoms with Gasteiger partial charge in [0.05, 0.1) is 0 Å². The maximum Gasteiger partial charge on any atom is 0.326 e. The molecule has 18 heavy (non-hydrogen) atoms. The second-order valence-corrected chi connectivity index (χ2v) is 4.81. The van der Waals surface area contributed by atoms with Gasteiger partial charge in [0.2, 0.25) is 5.91 Å². The van der Waals surface area contributed by atoms with Gasteiger partial charge in [-0.05, 0) is 19.4 Å². The number of aliphatic carboxylic acids is 1. The minimum absolute atomic E-state index is 0.177. The molecule has 0 rings (SSSR count). The number of carboxylic acids is 1. The van der Waals surface area contributed by atoms with Gasteiger partial charge in [-0.15, -0.1) is 0 Å². The third-order valence-corrected chi connectivity index (χ3v) is 2.61. The van der Waals surface area contributed by atoms with Crippen molar-refractivity contribution in [3.05, 3.63) is 0 Å². The average molecular weight is 258 g/mol. The molecular weight excluding hydrogens is 232 g/mol. The Morgan fingerprint density at radius 1 is 1.22 bits per heavy atom. The predicted molar refractivity (Wildman–Crippen MR) is 71.5 cm³/mol. The molecule has 0 bridgehead atoms. The molecule has 0 unspecified atom stereocenters. The predicted octanol–water partition coefficient (Wildman–Crippen LogP) is 1.52. The van der Waals surface area contributed by atoms with Crippen molar-refractivity contribution in [2.24, 2.45) is 0 Å². The van der Waals surface area contributed by atoms with E-state index < -0.39 is 12.0 Å². The van der Waals surface area contributed by atoms with Crippen LogP contribution in [-0.2, 0) is 9.59 Å². The number of amides is 1. The van der Waals surface area contributed by atoms with E-state index in [1.54, 1.807) is 0 Å². The molecule has 3 N–H and O–H groups in total. The van der Waals surface area contributed by atoms with Crippen molar-refractivity contribution in [3.63, 3.8) is 0 Å². The SMILES string of the molecule is CCCC[C@H](NC(=O)CCCNC(C)C)C(=O)O. The van der Waals surface area contributed by atoms with E-state index in [9.17, 15) is 9.59 Å². The van der Waals surface area contributed by atoms with E-state index in [0.717, 1.165) is 25.8 Å². The van der Waals surface area contributed by atoms with Crippen molar-refractivity contribution in [3.8, 4) is 0 Å². The Kier molecular flexibility index (Phi) is 9.28. The summed E-state index contributed by atoms with van der Waals surface area (Å²) in [5.74, 6) is -1.12. The maximum absolute atomic E-state index is 11.6. The van der Waals surface area contributed by atoms with Crippen molar-refractivity contribution < 1.29 is 14.7 Å². The number of carbonyl (C=O) groups excluding carboxylic acids is 1. The van der Waals surface area contributed by atoms with Crippen LogP contribution in [0.5, 0.6) is 0 Å². The molecule has 0 fully saturated rings. The number of nitrogens with one attached hydrogen (secondary N) is 2. The quantitative estimate of drug-likeness (QED) is 0.519. The Morgan fingerprint density at radius 2 is 1.89 bits per heavy atom. The molecule has 5 nitrogen and oxygen atoms in total. The lowest BCUT2D eigenvalue weighted by Crippen LogP contribution is -2.40. The molecule has 1 amide bonds. The number of hydrogen-bond donors (Lipinski definition) is 3. The molecule has 0 saturated heterocycles. The normalized spacial score (nSPS) is 12.4. The Hall–Kier alpha value is -1.10. The molecule has 0 aliphatic rings. The largest absolute Gasteiger partial charge is 0.480 e. The molecule has 0 aromatic carbocycles. The van der Waals surface area contributed by atoms with Crippen LogP contribution in [0.15, 0.2) is 0 Å².